The molecule has 6 nitrogen and oxygen atoms in total. The summed E-state index contributed by atoms with van der Waals surface area (Å²) in [7, 11) is 5.69. The number of hydrogen-bond donors (Lipinski definition) is 2. The smallest absolute Gasteiger partial charge is 0.142 e. The first kappa shape index (κ1) is 21.1. The first-order valence-electron chi connectivity index (χ1n) is 12.4. The molecule has 1 saturated carbocycles. The molecule has 0 radical (unpaired) electrons. The quantitative estimate of drug-likeness (QED) is 0.727. The Morgan fingerprint density at radius 1 is 1.24 bits per heavy atom. The van der Waals surface area contributed by atoms with E-state index >= 15 is 0 Å². The first-order valence-corrected chi connectivity index (χ1v) is 12.4. The maximum atomic E-state index is 11.3. The summed E-state index contributed by atoms with van der Waals surface area (Å²) in [6.07, 6.45) is 11.3. The highest BCUT2D eigenvalue weighted by Gasteiger charge is 2.57. The summed E-state index contributed by atoms with van der Waals surface area (Å²) in [4.78, 5) is 6.92. The van der Waals surface area contributed by atoms with Crippen molar-refractivity contribution in [1.29, 1.82) is 0 Å². The fourth-order valence-electron chi connectivity index (χ4n) is 6.30. The molecular weight excluding hydrogens is 412 g/mol. The van der Waals surface area contributed by atoms with Crippen LogP contribution in [0.25, 0.3) is 0 Å². The van der Waals surface area contributed by atoms with E-state index in [9.17, 15) is 5.11 Å². The molecule has 4 unspecified atom stereocenters. The van der Waals surface area contributed by atoms with Gasteiger partial charge in [-0.1, -0.05) is 31.2 Å². The lowest BCUT2D eigenvalue weighted by Crippen LogP contribution is -2.61. The highest BCUT2D eigenvalue weighted by atomic mass is 16.5. The molecule has 0 bridgehead atoms. The van der Waals surface area contributed by atoms with Crippen molar-refractivity contribution in [3.05, 3.63) is 59.1 Å². The molecule has 6 rings (SSSR count). The third-order valence-corrected chi connectivity index (χ3v) is 8.28. The van der Waals surface area contributed by atoms with Crippen LogP contribution in [-0.4, -0.2) is 60.8 Å². The molecule has 3 aliphatic heterocycles. The highest BCUT2D eigenvalue weighted by molar-refractivity contribution is 5.59. The lowest BCUT2D eigenvalue weighted by atomic mass is 9.79. The summed E-state index contributed by atoms with van der Waals surface area (Å²) in [5.41, 5.74) is 6.13. The number of fused-ring (bicyclic) bond motifs is 6. The van der Waals surface area contributed by atoms with E-state index in [1.54, 1.807) is 7.11 Å². The van der Waals surface area contributed by atoms with Gasteiger partial charge in [-0.25, -0.2) is 0 Å². The summed E-state index contributed by atoms with van der Waals surface area (Å²) in [6, 6.07) is 6.67. The predicted octanol–water partition coefficient (Wildman–Crippen LogP) is 3.83. The first-order chi connectivity index (χ1) is 15.9. The van der Waals surface area contributed by atoms with E-state index in [-0.39, 0.29) is 6.97 Å². The number of ether oxygens (including phenoxy) is 1. The lowest BCUT2D eigenvalue weighted by molar-refractivity contribution is -0.0256. The van der Waals surface area contributed by atoms with Crippen molar-refractivity contribution >= 4 is 5.69 Å². The summed E-state index contributed by atoms with van der Waals surface area (Å²) in [6.45, 7) is 4.03. The van der Waals surface area contributed by atoms with Crippen molar-refractivity contribution in [1.82, 2.24) is 15.1 Å². The van der Waals surface area contributed by atoms with E-state index in [0.29, 0.717) is 12.0 Å². The van der Waals surface area contributed by atoms with Crippen molar-refractivity contribution in [3.8, 4) is 5.75 Å². The lowest BCUT2D eigenvalue weighted by Gasteiger charge is -2.53. The molecule has 2 aliphatic carbocycles. The van der Waals surface area contributed by atoms with Crippen LogP contribution < -0.4 is 15.0 Å². The van der Waals surface area contributed by atoms with Gasteiger partial charge in [-0.05, 0) is 49.3 Å². The fraction of sp³-hybridized carbons (Fsp3) is 0.556. The molecule has 1 spiro atoms. The summed E-state index contributed by atoms with van der Waals surface area (Å²) >= 11 is 0. The minimum Gasteiger partial charge on any atom is -0.495 e. The van der Waals surface area contributed by atoms with Crippen molar-refractivity contribution < 1.29 is 11.3 Å². The Kier molecular flexibility index (Phi) is 4.82. The molecule has 4 atom stereocenters. The number of benzene rings is 1. The van der Waals surface area contributed by atoms with Crippen LogP contribution >= 0.6 is 0 Å². The van der Waals surface area contributed by atoms with Gasteiger partial charge in [-0.15, -0.1) is 0 Å². The molecule has 1 aromatic carbocycles. The van der Waals surface area contributed by atoms with E-state index in [0.717, 1.165) is 55.3 Å². The summed E-state index contributed by atoms with van der Waals surface area (Å²) in [5.74, 6) is 2.13. The van der Waals surface area contributed by atoms with E-state index in [2.05, 4.69) is 40.3 Å². The molecule has 33 heavy (non-hydrogen) atoms. The van der Waals surface area contributed by atoms with Gasteiger partial charge in [0, 0.05) is 46.3 Å². The number of piperidine rings is 1. The average Bonchev–Trinajstić information content (AvgIpc) is 3.48. The normalized spacial score (nSPS) is 30.3. The topological polar surface area (TPSA) is 51.2 Å². The van der Waals surface area contributed by atoms with Crippen LogP contribution in [0.3, 0.4) is 0 Å². The molecule has 2 N–H and O–H groups in total. The van der Waals surface area contributed by atoms with Crippen molar-refractivity contribution in [2.24, 2.45) is 11.8 Å². The van der Waals surface area contributed by atoms with Gasteiger partial charge in [0.15, 0.2) is 0 Å². The van der Waals surface area contributed by atoms with Crippen LogP contribution in [0.4, 0.5) is 5.69 Å². The minimum atomic E-state index is -0.609. The van der Waals surface area contributed by atoms with Crippen LogP contribution in [0, 0.1) is 11.8 Å². The Bertz CT molecular complexity index is 1060. The molecule has 2 saturated heterocycles. The number of anilines is 1. The molecule has 0 amide bonds. The number of allylic oxidation sites excluding steroid dienone is 2. The Hall–Kier alpha value is -2.44. The predicted molar refractivity (Wildman–Crippen MR) is 133 cm³/mol. The van der Waals surface area contributed by atoms with E-state index in [1.165, 1.54) is 23.5 Å². The number of methoxy groups -OCH3 is 1. The fourth-order valence-corrected chi connectivity index (χ4v) is 6.30. The highest BCUT2D eigenvalue weighted by Crippen LogP contribution is 2.55. The van der Waals surface area contributed by atoms with E-state index in [1.807, 2.05) is 37.2 Å². The Balaban J connectivity index is 0.00000241. The van der Waals surface area contributed by atoms with Gasteiger partial charge in [-0.3, -0.25) is 4.90 Å². The van der Waals surface area contributed by atoms with Gasteiger partial charge in [0.2, 0.25) is 0 Å². The molecule has 3 heterocycles. The third-order valence-electron chi connectivity index (χ3n) is 8.28. The zero-order chi connectivity index (χ0) is 22.9. The van der Waals surface area contributed by atoms with Crippen molar-refractivity contribution in [3.63, 3.8) is 0 Å². The molecule has 1 aromatic rings. The molecule has 178 valence electrons. The summed E-state index contributed by atoms with van der Waals surface area (Å²) < 4.78 is 5.50. The monoisotopic (exact) mass is 450 g/mol. The second-order valence-electron chi connectivity index (χ2n) is 10.7. The molecule has 3 fully saturated rings. The number of likely N-dealkylation sites (tertiary alicyclic amines) is 1. The maximum Gasteiger partial charge on any atom is 0.142 e. The van der Waals surface area contributed by atoms with Gasteiger partial charge in [0.25, 0.3) is 0 Å². The molecule has 0 aromatic heterocycles. The van der Waals surface area contributed by atoms with Gasteiger partial charge in [0.05, 0.1) is 29.7 Å². The van der Waals surface area contributed by atoms with E-state index in [4.69, 9.17) is 4.74 Å². The number of piperazine rings is 1. The largest absolute Gasteiger partial charge is 0.495 e. The standard InChI is InChI=1S/C27H36N4O2.H2/c1-17-5-7-21-20(13-17)28-27(25-16-19-15-22(19)31(21)25)9-11-30(12-10-27)26(32)18-6-8-24(33-4)23(14-18)29(2)3;/h6-8,13-14,16-17,19,22,26,28,32H,5,9-12,15H2,1-4H3;1H. The van der Waals surface area contributed by atoms with Crippen molar-refractivity contribution in [2.75, 3.05) is 39.2 Å². The van der Waals surface area contributed by atoms with Gasteiger partial charge in [-0.2, -0.15) is 0 Å². The number of nitrogens with zero attached hydrogens (tertiary/aromatic N) is 3. The van der Waals surface area contributed by atoms with Crippen molar-refractivity contribution in [2.45, 2.75) is 50.4 Å². The van der Waals surface area contributed by atoms with Crippen LogP contribution in [0.1, 0.15) is 45.8 Å². The summed E-state index contributed by atoms with van der Waals surface area (Å²) in [5, 5.41) is 15.3. The van der Waals surface area contributed by atoms with Crippen LogP contribution in [0.5, 0.6) is 5.75 Å². The SMILES string of the molecule is COc1ccc(C(O)N2CCC3(CC2)NC2=CC(C)CC=C2N2C3=CC3CC32)cc1N(C)C.[HH]. The second kappa shape index (κ2) is 7.54. The third kappa shape index (κ3) is 3.29. The average molecular weight is 451 g/mol. The Morgan fingerprint density at radius 3 is 2.76 bits per heavy atom. The zero-order valence-corrected chi connectivity index (χ0v) is 20.2. The Labute approximate surface area is 198 Å². The van der Waals surface area contributed by atoms with Crippen LogP contribution in [-0.2, 0) is 0 Å². The van der Waals surface area contributed by atoms with Gasteiger partial charge < -0.3 is 25.0 Å². The second-order valence-corrected chi connectivity index (χ2v) is 10.7. The molecular formula is C27H38N4O2. The zero-order valence-electron chi connectivity index (χ0n) is 20.2. The number of rotatable bonds is 4. The van der Waals surface area contributed by atoms with E-state index < -0.39 is 6.23 Å². The van der Waals surface area contributed by atoms with Gasteiger partial charge in [0.1, 0.15) is 12.0 Å². The van der Waals surface area contributed by atoms with Gasteiger partial charge >= 0.3 is 0 Å². The molecule has 6 heteroatoms. The number of aliphatic hydroxyl groups is 1. The maximum absolute atomic E-state index is 11.3. The minimum absolute atomic E-state index is 0. The number of aliphatic hydroxyl groups excluding tert-OH is 1. The number of nitrogens with one attached hydrogen (secondary N) is 1. The van der Waals surface area contributed by atoms with Crippen LogP contribution in [0.15, 0.2) is 53.5 Å². The van der Waals surface area contributed by atoms with Crippen LogP contribution in [0.2, 0.25) is 0 Å². The number of hydrogen-bond acceptors (Lipinski definition) is 6. The molecule has 5 aliphatic rings. The Morgan fingerprint density at radius 2 is 2.03 bits per heavy atom.